The number of oxazole rings is 2. The molecular formula is C37H46N8O12S2. The molecule has 0 radical (unpaired) electrons. The van der Waals surface area contributed by atoms with Crippen LogP contribution in [0.2, 0.25) is 0 Å². The number of nitriles is 2. The normalized spacial score (nSPS) is 14.4. The predicted molar refractivity (Wildman–Crippen MR) is 211 cm³/mol. The van der Waals surface area contributed by atoms with Gasteiger partial charge in [-0.2, -0.15) is 20.5 Å². The number of nitrogens with zero attached hydrogens (tertiary/aromatic N) is 6. The molecule has 0 fully saturated rings. The molecule has 0 saturated heterocycles. The largest absolute Gasteiger partial charge is 0.430 e. The van der Waals surface area contributed by atoms with Gasteiger partial charge in [0.1, 0.15) is 24.7 Å². The summed E-state index contributed by atoms with van der Waals surface area (Å²) in [7, 11) is -4.78. The van der Waals surface area contributed by atoms with Crippen molar-refractivity contribution in [3.05, 3.63) is 95.7 Å². The van der Waals surface area contributed by atoms with Crippen LogP contribution in [0.1, 0.15) is 51.4 Å². The molecule has 6 atom stereocenters. The van der Waals surface area contributed by atoms with Gasteiger partial charge in [0.05, 0.1) is 55.4 Å². The molecular weight excluding hydrogens is 813 g/mol. The number of aliphatic hydroxyl groups excluding tert-OH is 4. The van der Waals surface area contributed by atoms with E-state index in [0.29, 0.717) is 0 Å². The molecule has 6 N–H and O–H groups in total. The summed E-state index contributed by atoms with van der Waals surface area (Å²) in [5, 5.41) is 63.8. The molecule has 6 unspecified atom stereocenters. The van der Waals surface area contributed by atoms with Gasteiger partial charge in [-0.15, -0.1) is 0 Å². The van der Waals surface area contributed by atoms with Crippen LogP contribution in [0.4, 0.5) is 12.0 Å². The number of sulfonamides is 2. The fraction of sp³-hybridized carbons (Fsp3) is 0.405. The fourth-order valence-electron chi connectivity index (χ4n) is 5.18. The highest BCUT2D eigenvalue weighted by molar-refractivity contribution is 7.92. The molecule has 0 aliphatic rings. The van der Waals surface area contributed by atoms with Crippen LogP contribution in [0, 0.1) is 22.7 Å². The highest BCUT2D eigenvalue weighted by Crippen LogP contribution is 2.18. The third-order valence-corrected chi connectivity index (χ3v) is 11.0. The van der Waals surface area contributed by atoms with Gasteiger partial charge >= 0.3 is 12.0 Å². The van der Waals surface area contributed by atoms with Gasteiger partial charge in [-0.25, -0.2) is 25.4 Å². The zero-order chi connectivity index (χ0) is 43.9. The van der Waals surface area contributed by atoms with E-state index in [9.17, 15) is 46.9 Å². The van der Waals surface area contributed by atoms with Crippen LogP contribution < -0.4 is 19.2 Å². The lowest BCUT2D eigenvalue weighted by Gasteiger charge is -2.27. The molecule has 0 aliphatic carbocycles. The zero-order valence-corrected chi connectivity index (χ0v) is 34.1. The lowest BCUT2D eigenvalue weighted by atomic mass is 9.95. The van der Waals surface area contributed by atoms with Crippen molar-refractivity contribution in [3.63, 3.8) is 0 Å². The number of aliphatic hydroxyl groups is 4. The van der Waals surface area contributed by atoms with E-state index in [-0.39, 0.29) is 55.5 Å². The molecule has 20 nitrogen and oxygen atoms in total. The van der Waals surface area contributed by atoms with E-state index < -0.39 is 68.4 Å². The Morgan fingerprint density at radius 1 is 0.695 bits per heavy atom. The average Bonchev–Trinajstić information content (AvgIpc) is 3.90. The number of nitrogens with one attached hydrogen (secondary N) is 2. The number of benzene rings is 2. The van der Waals surface area contributed by atoms with E-state index in [1.54, 1.807) is 42.5 Å². The number of anilines is 2. The monoisotopic (exact) mass is 858 g/mol. The number of carbonyl (C=O) groups excluding carboxylic acids is 2. The Kier molecular flexibility index (Phi) is 17.5. The smallest absolute Gasteiger partial charge is 0.311 e. The summed E-state index contributed by atoms with van der Waals surface area (Å²) in [6.07, 6.45) is -1.23. The molecule has 2 aromatic heterocycles. The van der Waals surface area contributed by atoms with Crippen LogP contribution in [0.25, 0.3) is 0 Å². The third kappa shape index (κ3) is 14.5. The van der Waals surface area contributed by atoms with Gasteiger partial charge in [0.15, 0.2) is 11.4 Å². The Labute approximate surface area is 341 Å². The first-order valence-corrected chi connectivity index (χ1v) is 21.4. The molecule has 2 aromatic carbocycles. The van der Waals surface area contributed by atoms with Gasteiger partial charge in [0.2, 0.25) is 20.0 Å². The summed E-state index contributed by atoms with van der Waals surface area (Å²) in [6, 6.07) is 19.3. The predicted octanol–water partition coefficient (Wildman–Crippen LogP) is 0.484. The van der Waals surface area contributed by atoms with E-state index in [1.165, 1.54) is 14.1 Å². The average molecular weight is 859 g/mol. The van der Waals surface area contributed by atoms with Crippen molar-refractivity contribution in [1.82, 2.24) is 20.6 Å². The maximum absolute atomic E-state index is 12.6. The molecule has 0 saturated carbocycles. The number of aromatic nitrogens is 2. The van der Waals surface area contributed by atoms with Gasteiger partial charge in [-0.05, 0) is 30.4 Å². The van der Waals surface area contributed by atoms with Crippen molar-refractivity contribution < 1.29 is 55.7 Å². The van der Waals surface area contributed by atoms with E-state index in [0.717, 1.165) is 44.8 Å². The summed E-state index contributed by atoms with van der Waals surface area (Å²) < 4.78 is 57.9. The SMILES string of the molecule is CN(c1nc(C(=O)NC(Cc2ccccc2)C(O)C(O)CC#N)co1)S(C)(=O)=O.CN(c1nc(C(=O)NC(Cc2ccccc2)C(O)C(O)CCC#N)co1)S(C)(=O)=O. The highest BCUT2D eigenvalue weighted by Gasteiger charge is 2.31. The quantitative estimate of drug-likeness (QED) is 0.0747. The van der Waals surface area contributed by atoms with Gasteiger partial charge in [0, 0.05) is 20.5 Å². The first-order chi connectivity index (χ1) is 27.8. The molecule has 4 rings (SSSR count). The molecule has 2 heterocycles. The minimum absolute atomic E-state index is 0.0477. The molecule has 59 heavy (non-hydrogen) atoms. The summed E-state index contributed by atoms with van der Waals surface area (Å²) >= 11 is 0. The summed E-state index contributed by atoms with van der Waals surface area (Å²) in [5.74, 6) is -1.44. The van der Waals surface area contributed by atoms with Crippen LogP contribution in [0.3, 0.4) is 0 Å². The minimum atomic E-state index is -3.62. The van der Waals surface area contributed by atoms with Gasteiger partial charge in [-0.1, -0.05) is 60.7 Å². The Hall–Kier alpha value is -5.88. The second-order valence-corrected chi connectivity index (χ2v) is 17.2. The number of amides is 2. The molecule has 4 aromatic rings. The zero-order valence-electron chi connectivity index (χ0n) is 32.5. The van der Waals surface area contributed by atoms with Crippen LogP contribution >= 0.6 is 0 Å². The van der Waals surface area contributed by atoms with E-state index >= 15 is 0 Å². The number of hydrogen-bond acceptors (Lipinski definition) is 16. The van der Waals surface area contributed by atoms with Gasteiger partial charge < -0.3 is 39.9 Å². The Morgan fingerprint density at radius 2 is 1.08 bits per heavy atom. The molecule has 22 heteroatoms. The second kappa shape index (κ2) is 21.8. The Morgan fingerprint density at radius 3 is 1.44 bits per heavy atom. The first kappa shape index (κ1) is 47.5. The van der Waals surface area contributed by atoms with Gasteiger partial charge in [-0.3, -0.25) is 9.59 Å². The molecule has 2 amide bonds. The molecule has 0 bridgehead atoms. The van der Waals surface area contributed by atoms with Crippen molar-refractivity contribution in [1.29, 1.82) is 10.5 Å². The topological polar surface area (TPSA) is 314 Å². The summed E-state index contributed by atoms with van der Waals surface area (Å²) in [4.78, 5) is 32.9. The highest BCUT2D eigenvalue weighted by atomic mass is 32.2. The molecule has 0 aliphatic heterocycles. The van der Waals surface area contributed by atoms with E-state index in [4.69, 9.17) is 19.4 Å². The van der Waals surface area contributed by atoms with Crippen molar-refractivity contribution in [3.8, 4) is 12.1 Å². The maximum atomic E-state index is 12.6. The lowest BCUT2D eigenvalue weighted by Crippen LogP contribution is -2.49. The Balaban J connectivity index is 0.000000316. The number of carbonyl (C=O) groups is 2. The number of hydrogen-bond donors (Lipinski definition) is 6. The van der Waals surface area contributed by atoms with Crippen LogP contribution in [0.5, 0.6) is 0 Å². The van der Waals surface area contributed by atoms with E-state index in [1.807, 2.05) is 30.3 Å². The van der Waals surface area contributed by atoms with Gasteiger partial charge in [0.25, 0.3) is 11.8 Å². The number of rotatable bonds is 19. The van der Waals surface area contributed by atoms with Crippen LogP contribution in [-0.4, -0.2) is 122 Å². The standard InChI is InChI=1S/C19H24N4O6S.C18H22N4O6S/c1-23(30(2,27)28)19-22-15(12-29-19)18(26)21-14(11-13-7-4-3-5-8-13)17(25)16(24)9-6-10-20;1-22(29(2,26)27)18-21-14(11-28-18)17(25)20-13(16(24)15(23)8-9-19)10-12-6-4-3-5-7-12/h3-5,7-8,12,14,16-17,24-25H,6,9,11H2,1-2H3,(H,21,26);3-7,11,13,15-16,23-24H,8,10H2,1-2H3,(H,20,25). The second-order valence-electron chi connectivity index (χ2n) is 13.2. The van der Waals surface area contributed by atoms with Crippen LogP contribution in [-0.2, 0) is 32.9 Å². The van der Waals surface area contributed by atoms with Crippen LogP contribution in [0.15, 0.2) is 82.0 Å². The Bertz CT molecular complexity index is 2280. The third-order valence-electron chi connectivity index (χ3n) is 8.68. The van der Waals surface area contributed by atoms with E-state index in [2.05, 4.69) is 20.6 Å². The fourth-order valence-corrected chi connectivity index (χ4v) is 5.91. The summed E-state index contributed by atoms with van der Waals surface area (Å²) in [5.41, 5.74) is 1.22. The van der Waals surface area contributed by atoms with Crippen molar-refractivity contribution >= 4 is 43.9 Å². The van der Waals surface area contributed by atoms with Crippen molar-refractivity contribution in [2.75, 3.05) is 35.2 Å². The minimum Gasteiger partial charge on any atom is -0.430 e. The maximum Gasteiger partial charge on any atom is 0.311 e. The summed E-state index contributed by atoms with van der Waals surface area (Å²) in [6.45, 7) is 0. The van der Waals surface area contributed by atoms with Crippen molar-refractivity contribution in [2.45, 2.75) is 68.6 Å². The lowest BCUT2D eigenvalue weighted by molar-refractivity contribution is -0.00646. The molecule has 0 spiro atoms. The van der Waals surface area contributed by atoms with Crippen molar-refractivity contribution in [2.24, 2.45) is 0 Å². The molecule has 318 valence electrons. The first-order valence-electron chi connectivity index (χ1n) is 17.7.